The van der Waals surface area contributed by atoms with Crippen molar-refractivity contribution >= 4 is 0 Å². The van der Waals surface area contributed by atoms with Crippen molar-refractivity contribution in [3.63, 3.8) is 0 Å². The molecule has 1 atom stereocenters. The minimum absolute atomic E-state index is 0.116. The van der Waals surface area contributed by atoms with Gasteiger partial charge in [0.15, 0.2) is 0 Å². The van der Waals surface area contributed by atoms with Gasteiger partial charge in [0, 0.05) is 30.6 Å². The first-order valence-electron chi connectivity index (χ1n) is 6.73. The predicted molar refractivity (Wildman–Crippen MR) is 69.0 cm³/mol. The first kappa shape index (κ1) is 16.7. The average molecular weight is 282 g/mol. The summed E-state index contributed by atoms with van der Waals surface area (Å²) in [4.78, 5) is 2.21. The second-order valence-corrected chi connectivity index (χ2v) is 6.19. The van der Waals surface area contributed by atoms with Crippen molar-refractivity contribution in [2.75, 3.05) is 26.3 Å². The number of hydrogen-bond donors (Lipinski definition) is 1. The highest BCUT2D eigenvalue weighted by atomic mass is 19.4. The number of rotatable bonds is 5. The largest absolute Gasteiger partial charge is 0.389 e. The maximum Gasteiger partial charge on any atom is 0.389 e. The van der Waals surface area contributed by atoms with Crippen LogP contribution in [0.15, 0.2) is 0 Å². The molecule has 0 saturated carbocycles. The van der Waals surface area contributed by atoms with Crippen molar-refractivity contribution in [2.24, 2.45) is 5.73 Å². The van der Waals surface area contributed by atoms with Crippen LogP contribution in [0.3, 0.4) is 0 Å². The van der Waals surface area contributed by atoms with Gasteiger partial charge in [0.25, 0.3) is 0 Å². The Kier molecular flexibility index (Phi) is 5.26. The molecule has 0 aromatic rings. The first-order valence-corrected chi connectivity index (χ1v) is 6.73. The third-order valence-corrected chi connectivity index (χ3v) is 3.91. The van der Waals surface area contributed by atoms with Crippen molar-refractivity contribution in [1.82, 2.24) is 4.90 Å². The summed E-state index contributed by atoms with van der Waals surface area (Å²) in [6.07, 6.45) is -4.26. The van der Waals surface area contributed by atoms with Crippen molar-refractivity contribution in [3.05, 3.63) is 0 Å². The Balaban J connectivity index is 2.67. The molecule has 1 fully saturated rings. The van der Waals surface area contributed by atoms with Crippen LogP contribution in [0.4, 0.5) is 13.2 Å². The standard InChI is InChI=1S/C13H25F3N2O/c1-11(2)10-19-8-7-18(11)12(3,9-17)5-4-6-13(14,15)16/h4-10,17H2,1-3H3. The quantitative estimate of drug-likeness (QED) is 0.842. The highest BCUT2D eigenvalue weighted by molar-refractivity contribution is 4.97. The Hall–Kier alpha value is -0.330. The Labute approximate surface area is 113 Å². The first-order chi connectivity index (χ1) is 8.61. The van der Waals surface area contributed by atoms with Crippen molar-refractivity contribution in [1.29, 1.82) is 0 Å². The maximum absolute atomic E-state index is 12.3. The maximum atomic E-state index is 12.3. The molecule has 1 saturated heterocycles. The second-order valence-electron chi connectivity index (χ2n) is 6.19. The monoisotopic (exact) mass is 282 g/mol. The third-order valence-electron chi connectivity index (χ3n) is 3.91. The van der Waals surface area contributed by atoms with Gasteiger partial charge in [0.1, 0.15) is 0 Å². The summed E-state index contributed by atoms with van der Waals surface area (Å²) in [6, 6.07) is 0. The fourth-order valence-corrected chi connectivity index (χ4v) is 2.88. The molecule has 1 rings (SSSR count). The minimum Gasteiger partial charge on any atom is -0.378 e. The van der Waals surface area contributed by atoms with E-state index in [-0.39, 0.29) is 12.0 Å². The normalized spacial score (nSPS) is 24.2. The van der Waals surface area contributed by atoms with E-state index in [4.69, 9.17) is 10.5 Å². The molecule has 0 amide bonds. The molecule has 0 spiro atoms. The number of hydrogen-bond acceptors (Lipinski definition) is 3. The molecule has 2 N–H and O–H groups in total. The number of alkyl halides is 3. The molecule has 114 valence electrons. The van der Waals surface area contributed by atoms with E-state index in [1.54, 1.807) is 0 Å². The third kappa shape index (κ3) is 4.61. The SMILES string of the molecule is CC1(C)COCCN1C(C)(CN)CCCC(F)(F)F. The van der Waals surface area contributed by atoms with Crippen LogP contribution in [0.1, 0.15) is 40.0 Å². The molecule has 0 bridgehead atoms. The zero-order chi connectivity index (χ0) is 14.7. The van der Waals surface area contributed by atoms with Gasteiger partial charge in [-0.1, -0.05) is 0 Å². The molecule has 1 aliphatic heterocycles. The van der Waals surface area contributed by atoms with E-state index in [9.17, 15) is 13.2 Å². The van der Waals surface area contributed by atoms with E-state index >= 15 is 0 Å². The average Bonchev–Trinajstić information content (AvgIpc) is 2.26. The van der Waals surface area contributed by atoms with E-state index in [0.717, 1.165) is 0 Å². The summed E-state index contributed by atoms with van der Waals surface area (Å²) in [5, 5.41) is 0. The van der Waals surface area contributed by atoms with Gasteiger partial charge in [-0.05, 0) is 33.6 Å². The van der Waals surface area contributed by atoms with Gasteiger partial charge < -0.3 is 10.5 Å². The molecule has 0 aromatic carbocycles. The second kappa shape index (κ2) is 5.97. The van der Waals surface area contributed by atoms with E-state index in [2.05, 4.69) is 4.90 Å². The zero-order valence-electron chi connectivity index (χ0n) is 12.0. The molecular weight excluding hydrogens is 257 g/mol. The van der Waals surface area contributed by atoms with Gasteiger partial charge >= 0.3 is 6.18 Å². The van der Waals surface area contributed by atoms with Gasteiger partial charge in [0.2, 0.25) is 0 Å². The van der Waals surface area contributed by atoms with Crippen LogP contribution in [0.5, 0.6) is 0 Å². The Morgan fingerprint density at radius 3 is 2.37 bits per heavy atom. The van der Waals surface area contributed by atoms with Gasteiger partial charge in [-0.3, -0.25) is 4.90 Å². The molecule has 1 unspecified atom stereocenters. The Bertz CT molecular complexity index is 294. The fraction of sp³-hybridized carbons (Fsp3) is 1.00. The van der Waals surface area contributed by atoms with Crippen LogP contribution in [-0.4, -0.2) is 48.5 Å². The zero-order valence-corrected chi connectivity index (χ0v) is 12.0. The lowest BCUT2D eigenvalue weighted by Crippen LogP contribution is -2.64. The lowest BCUT2D eigenvalue weighted by molar-refractivity contribution is -0.140. The number of morpholine rings is 1. The van der Waals surface area contributed by atoms with Crippen LogP contribution < -0.4 is 5.73 Å². The van der Waals surface area contributed by atoms with Gasteiger partial charge in [-0.15, -0.1) is 0 Å². The van der Waals surface area contributed by atoms with Crippen LogP contribution in [0.25, 0.3) is 0 Å². The highest BCUT2D eigenvalue weighted by Gasteiger charge is 2.42. The van der Waals surface area contributed by atoms with Crippen molar-refractivity contribution in [3.8, 4) is 0 Å². The topological polar surface area (TPSA) is 38.5 Å². The van der Waals surface area contributed by atoms with Crippen LogP contribution in [-0.2, 0) is 4.74 Å². The van der Waals surface area contributed by atoms with Crippen LogP contribution in [0.2, 0.25) is 0 Å². The molecule has 19 heavy (non-hydrogen) atoms. The number of halogens is 3. The van der Waals surface area contributed by atoms with Crippen molar-refractivity contribution < 1.29 is 17.9 Å². The smallest absolute Gasteiger partial charge is 0.378 e. The van der Waals surface area contributed by atoms with Crippen LogP contribution >= 0.6 is 0 Å². The summed E-state index contributed by atoms with van der Waals surface area (Å²) >= 11 is 0. The fourth-order valence-electron chi connectivity index (χ4n) is 2.88. The number of ether oxygens (including phenoxy) is 1. The van der Waals surface area contributed by atoms with Gasteiger partial charge in [-0.25, -0.2) is 0 Å². The van der Waals surface area contributed by atoms with E-state index in [0.29, 0.717) is 32.7 Å². The van der Waals surface area contributed by atoms with E-state index in [1.165, 1.54) is 0 Å². The summed E-state index contributed by atoms with van der Waals surface area (Å²) in [6.45, 7) is 8.31. The molecular formula is C13H25F3N2O. The molecule has 1 aliphatic rings. The summed E-state index contributed by atoms with van der Waals surface area (Å²) < 4.78 is 42.2. The van der Waals surface area contributed by atoms with Crippen LogP contribution in [0, 0.1) is 0 Å². The van der Waals surface area contributed by atoms with E-state index < -0.39 is 18.1 Å². The lowest BCUT2D eigenvalue weighted by atomic mass is 9.86. The summed E-state index contributed by atoms with van der Waals surface area (Å²) in [5.41, 5.74) is 5.25. The molecule has 0 aliphatic carbocycles. The highest BCUT2D eigenvalue weighted by Crippen LogP contribution is 2.33. The van der Waals surface area contributed by atoms with Gasteiger partial charge in [0.05, 0.1) is 13.2 Å². The Morgan fingerprint density at radius 2 is 1.89 bits per heavy atom. The summed E-state index contributed by atoms with van der Waals surface area (Å²) in [5.74, 6) is 0. The van der Waals surface area contributed by atoms with Crippen molar-refractivity contribution in [2.45, 2.75) is 57.3 Å². The number of nitrogens with two attached hydrogens (primary N) is 1. The molecule has 6 heteroatoms. The summed E-state index contributed by atoms with van der Waals surface area (Å²) in [7, 11) is 0. The molecule has 3 nitrogen and oxygen atoms in total. The predicted octanol–water partition coefficient (Wildman–Crippen LogP) is 2.55. The minimum atomic E-state index is -4.09. The molecule has 1 heterocycles. The lowest BCUT2D eigenvalue weighted by Gasteiger charge is -2.52. The molecule has 0 radical (unpaired) electrons. The van der Waals surface area contributed by atoms with Gasteiger partial charge in [-0.2, -0.15) is 13.2 Å². The molecule has 0 aromatic heterocycles. The van der Waals surface area contributed by atoms with E-state index in [1.807, 2.05) is 20.8 Å². The number of nitrogens with zero attached hydrogens (tertiary/aromatic N) is 1. The Morgan fingerprint density at radius 1 is 1.26 bits per heavy atom.